The van der Waals surface area contributed by atoms with Gasteiger partial charge in [-0.2, -0.15) is 0 Å². The molecule has 2 heterocycles. The van der Waals surface area contributed by atoms with Gasteiger partial charge < -0.3 is 19.3 Å². The first-order chi connectivity index (χ1) is 25.1. The molecule has 4 aromatic carbocycles. The fourth-order valence-electron chi connectivity index (χ4n) is 7.21. The predicted octanol–water partition coefficient (Wildman–Crippen LogP) is 9.70. The van der Waals surface area contributed by atoms with E-state index in [1.54, 1.807) is 0 Å². The summed E-state index contributed by atoms with van der Waals surface area (Å²) in [6.45, 7) is 6.12. The maximum Gasteiger partial charge on any atom is 0.411 e. The lowest BCUT2D eigenvalue weighted by molar-refractivity contribution is 0.0584. The number of nitrogens with zero attached hydrogens (tertiary/aromatic N) is 2. The highest BCUT2D eigenvalue weighted by Gasteiger charge is 2.24. The van der Waals surface area contributed by atoms with Crippen LogP contribution in [0.2, 0.25) is 0 Å². The summed E-state index contributed by atoms with van der Waals surface area (Å²) in [6, 6.07) is 35.8. The number of anilines is 2. The van der Waals surface area contributed by atoms with Gasteiger partial charge in [-0.15, -0.1) is 0 Å². The quantitative estimate of drug-likeness (QED) is 0.128. The highest BCUT2D eigenvalue weighted by molar-refractivity contribution is 5.92. The maximum atomic E-state index is 12.7. The fraction of sp³-hybridized carbons (Fsp3) is 0.395. The Morgan fingerprint density at radius 1 is 0.490 bits per heavy atom. The summed E-state index contributed by atoms with van der Waals surface area (Å²) in [5, 5.41) is 5.94. The second kappa shape index (κ2) is 19.1. The van der Waals surface area contributed by atoms with E-state index in [9.17, 15) is 9.59 Å². The van der Waals surface area contributed by atoms with Gasteiger partial charge in [-0.05, 0) is 74.9 Å². The molecule has 8 heteroatoms. The molecule has 2 saturated heterocycles. The summed E-state index contributed by atoms with van der Waals surface area (Å²) in [4.78, 5) is 30.5. The number of hydrogen-bond donors (Lipinski definition) is 2. The van der Waals surface area contributed by atoms with Crippen LogP contribution in [0, 0.1) is 0 Å². The fourth-order valence-corrected chi connectivity index (χ4v) is 7.21. The van der Waals surface area contributed by atoms with Gasteiger partial charge in [0, 0.05) is 37.3 Å². The molecule has 2 N–H and O–H groups in total. The zero-order valence-electron chi connectivity index (χ0n) is 29.7. The standard InChI is InChI=1S/C43H52N4O4/c48-42(44-40-22-12-10-20-38(40)34-16-6-4-7-17-34)50-36-24-30-46(31-25-36)28-14-2-1-3-15-29-47-32-26-37(27-33-47)51-43(49)45-41-23-13-11-21-39(41)35-18-8-5-9-19-35/h4-13,16-23,36-37H,1-3,14-15,24-33H2,(H,44,48)(H,45,49). The number of carbonyl (C=O) groups excluding carboxylic acids is 2. The van der Waals surface area contributed by atoms with Crippen molar-refractivity contribution in [1.82, 2.24) is 9.80 Å². The van der Waals surface area contributed by atoms with Gasteiger partial charge in [0.05, 0.1) is 11.4 Å². The molecule has 0 aromatic heterocycles. The van der Waals surface area contributed by atoms with Crippen LogP contribution in [0.5, 0.6) is 0 Å². The Hall–Kier alpha value is -4.66. The molecule has 4 aromatic rings. The van der Waals surface area contributed by atoms with E-state index in [0.29, 0.717) is 0 Å². The van der Waals surface area contributed by atoms with Gasteiger partial charge in [-0.1, -0.05) is 116 Å². The Balaban J connectivity index is 0.784. The molecule has 268 valence electrons. The molecular weight excluding hydrogens is 636 g/mol. The number of rotatable bonds is 14. The van der Waals surface area contributed by atoms with E-state index in [-0.39, 0.29) is 24.4 Å². The summed E-state index contributed by atoms with van der Waals surface area (Å²) in [6.07, 6.45) is 8.85. The summed E-state index contributed by atoms with van der Waals surface area (Å²) in [5.41, 5.74) is 5.64. The van der Waals surface area contributed by atoms with Gasteiger partial charge in [0.2, 0.25) is 0 Å². The van der Waals surface area contributed by atoms with Crippen LogP contribution in [0.1, 0.15) is 57.8 Å². The van der Waals surface area contributed by atoms with E-state index < -0.39 is 0 Å². The molecule has 0 spiro atoms. The minimum absolute atomic E-state index is 0.0404. The van der Waals surface area contributed by atoms with Crippen molar-refractivity contribution in [1.29, 1.82) is 0 Å². The van der Waals surface area contributed by atoms with E-state index in [1.165, 1.54) is 32.1 Å². The molecule has 8 nitrogen and oxygen atoms in total. The smallest absolute Gasteiger partial charge is 0.411 e. The molecule has 2 amide bonds. The minimum atomic E-state index is -0.376. The summed E-state index contributed by atoms with van der Waals surface area (Å²) in [7, 11) is 0. The van der Waals surface area contributed by atoms with E-state index in [0.717, 1.165) is 98.6 Å². The molecule has 0 radical (unpaired) electrons. The number of unbranched alkanes of at least 4 members (excludes halogenated alkanes) is 4. The van der Waals surface area contributed by atoms with E-state index >= 15 is 0 Å². The van der Waals surface area contributed by atoms with Gasteiger partial charge in [0.1, 0.15) is 12.2 Å². The lowest BCUT2D eigenvalue weighted by Gasteiger charge is -2.32. The first-order valence-corrected chi connectivity index (χ1v) is 18.8. The van der Waals surface area contributed by atoms with E-state index in [4.69, 9.17) is 9.47 Å². The minimum Gasteiger partial charge on any atom is -0.446 e. The van der Waals surface area contributed by atoms with Crippen LogP contribution in [-0.4, -0.2) is 73.5 Å². The molecule has 6 rings (SSSR count). The summed E-state index contributed by atoms with van der Waals surface area (Å²) in [5.74, 6) is 0. The summed E-state index contributed by atoms with van der Waals surface area (Å²) >= 11 is 0. The van der Waals surface area contributed by atoms with Crippen molar-refractivity contribution in [3.05, 3.63) is 109 Å². The maximum absolute atomic E-state index is 12.7. The third kappa shape index (κ3) is 11.2. The molecule has 2 aliphatic heterocycles. The Bertz CT molecular complexity index is 1530. The molecule has 0 atom stereocenters. The van der Waals surface area contributed by atoms with Gasteiger partial charge in [0.15, 0.2) is 0 Å². The Morgan fingerprint density at radius 3 is 1.25 bits per heavy atom. The second-order valence-corrected chi connectivity index (χ2v) is 13.7. The zero-order valence-corrected chi connectivity index (χ0v) is 29.7. The largest absolute Gasteiger partial charge is 0.446 e. The molecule has 0 unspecified atom stereocenters. The van der Waals surface area contributed by atoms with Crippen LogP contribution in [-0.2, 0) is 9.47 Å². The summed E-state index contributed by atoms with van der Waals surface area (Å²) < 4.78 is 11.6. The van der Waals surface area contributed by atoms with Crippen LogP contribution < -0.4 is 10.6 Å². The highest BCUT2D eigenvalue weighted by Crippen LogP contribution is 2.29. The number of likely N-dealkylation sites (tertiary alicyclic amines) is 2. The first-order valence-electron chi connectivity index (χ1n) is 18.8. The molecule has 2 fully saturated rings. The number of amides is 2. The molecular formula is C43H52N4O4. The third-order valence-corrected chi connectivity index (χ3v) is 10.1. The Kier molecular flexibility index (Phi) is 13.5. The van der Waals surface area contributed by atoms with Crippen molar-refractivity contribution in [2.24, 2.45) is 0 Å². The third-order valence-electron chi connectivity index (χ3n) is 10.1. The molecule has 0 aliphatic carbocycles. The molecule has 0 bridgehead atoms. The normalized spacial score (nSPS) is 16.0. The van der Waals surface area contributed by atoms with E-state index in [2.05, 4.69) is 20.4 Å². The lowest BCUT2D eigenvalue weighted by Crippen LogP contribution is -2.39. The number of carbonyl (C=O) groups is 2. The predicted molar refractivity (Wildman–Crippen MR) is 206 cm³/mol. The van der Waals surface area contributed by atoms with Crippen molar-refractivity contribution >= 4 is 23.6 Å². The van der Waals surface area contributed by atoms with Crippen molar-refractivity contribution < 1.29 is 19.1 Å². The number of para-hydroxylation sites is 2. The van der Waals surface area contributed by atoms with Crippen LogP contribution in [0.15, 0.2) is 109 Å². The number of benzene rings is 4. The molecule has 2 aliphatic rings. The van der Waals surface area contributed by atoms with Crippen molar-refractivity contribution in [3.8, 4) is 22.3 Å². The number of nitrogens with one attached hydrogen (secondary N) is 2. The second-order valence-electron chi connectivity index (χ2n) is 13.7. The van der Waals surface area contributed by atoms with E-state index in [1.807, 2.05) is 109 Å². The lowest BCUT2D eigenvalue weighted by atomic mass is 10.0. The monoisotopic (exact) mass is 688 g/mol. The average Bonchev–Trinajstić information content (AvgIpc) is 3.17. The van der Waals surface area contributed by atoms with Crippen LogP contribution in [0.3, 0.4) is 0 Å². The zero-order chi connectivity index (χ0) is 35.1. The van der Waals surface area contributed by atoms with Crippen molar-refractivity contribution in [3.63, 3.8) is 0 Å². The number of piperidine rings is 2. The van der Waals surface area contributed by atoms with Crippen LogP contribution >= 0.6 is 0 Å². The van der Waals surface area contributed by atoms with Crippen LogP contribution in [0.25, 0.3) is 22.3 Å². The highest BCUT2D eigenvalue weighted by atomic mass is 16.6. The number of ether oxygens (including phenoxy) is 2. The molecule has 51 heavy (non-hydrogen) atoms. The van der Waals surface area contributed by atoms with Gasteiger partial charge >= 0.3 is 12.2 Å². The van der Waals surface area contributed by atoms with Crippen LogP contribution in [0.4, 0.5) is 21.0 Å². The van der Waals surface area contributed by atoms with Gasteiger partial charge in [0.25, 0.3) is 0 Å². The van der Waals surface area contributed by atoms with Gasteiger partial charge in [-0.25, -0.2) is 9.59 Å². The van der Waals surface area contributed by atoms with Crippen molar-refractivity contribution in [2.45, 2.75) is 70.0 Å². The molecule has 0 saturated carbocycles. The topological polar surface area (TPSA) is 83.1 Å². The average molecular weight is 689 g/mol. The number of hydrogen-bond acceptors (Lipinski definition) is 6. The Labute approximate surface area is 303 Å². The first kappa shape index (κ1) is 36.1. The van der Waals surface area contributed by atoms with Gasteiger partial charge in [-0.3, -0.25) is 10.6 Å². The Morgan fingerprint density at radius 2 is 0.843 bits per heavy atom. The SMILES string of the molecule is O=C(Nc1ccccc1-c1ccccc1)OC1CCN(CCCCCCCN2CCC(OC(=O)Nc3ccccc3-c3ccccc3)CC2)CC1. The van der Waals surface area contributed by atoms with Crippen molar-refractivity contribution in [2.75, 3.05) is 49.9 Å².